The van der Waals surface area contributed by atoms with Crippen molar-refractivity contribution in [3.05, 3.63) is 0 Å². The van der Waals surface area contributed by atoms with E-state index in [1.807, 2.05) is 11.9 Å². The van der Waals surface area contributed by atoms with Gasteiger partial charge < -0.3 is 16.0 Å². The van der Waals surface area contributed by atoms with Crippen LogP contribution in [0.25, 0.3) is 0 Å². The molecule has 1 aliphatic rings. The molecule has 0 aliphatic heterocycles. The van der Waals surface area contributed by atoms with Crippen LogP contribution in [0.3, 0.4) is 0 Å². The minimum absolute atomic E-state index is 0.0638. The number of nitrogens with one attached hydrogen (secondary N) is 1. The fourth-order valence-electron chi connectivity index (χ4n) is 2.15. The van der Waals surface area contributed by atoms with E-state index in [2.05, 4.69) is 12.2 Å². The zero-order chi connectivity index (χ0) is 12.0. The lowest BCUT2D eigenvalue weighted by molar-refractivity contribution is 0.170. The maximum atomic E-state index is 11.8. The van der Waals surface area contributed by atoms with Gasteiger partial charge in [0.05, 0.1) is 0 Å². The monoisotopic (exact) mass is 227 g/mol. The third-order valence-electron chi connectivity index (χ3n) is 3.42. The lowest BCUT2D eigenvalue weighted by Gasteiger charge is -2.33. The van der Waals surface area contributed by atoms with Crippen LogP contribution in [0.2, 0.25) is 0 Å². The minimum Gasteiger partial charge on any atom is -0.338 e. The van der Waals surface area contributed by atoms with Crippen LogP contribution in [0.4, 0.5) is 4.79 Å². The second-order valence-electron chi connectivity index (χ2n) is 4.76. The number of hydrogen-bond acceptors (Lipinski definition) is 2. The lowest BCUT2D eigenvalue weighted by atomic mass is 9.91. The molecule has 0 bridgehead atoms. The standard InChI is InChI=1S/C12H25N3O/c1-3-4-9-14-12(16)15(2)11-7-5-10(13)6-8-11/h10-11H,3-9,13H2,1-2H3,(H,14,16). The predicted octanol–water partition coefficient (Wildman–Crippen LogP) is 1.70. The van der Waals surface area contributed by atoms with E-state index in [-0.39, 0.29) is 6.03 Å². The average molecular weight is 227 g/mol. The smallest absolute Gasteiger partial charge is 0.317 e. The summed E-state index contributed by atoms with van der Waals surface area (Å²) in [5.41, 5.74) is 5.85. The van der Waals surface area contributed by atoms with Crippen LogP contribution in [-0.2, 0) is 0 Å². The summed E-state index contributed by atoms with van der Waals surface area (Å²) >= 11 is 0. The van der Waals surface area contributed by atoms with E-state index in [4.69, 9.17) is 5.73 Å². The number of carbonyl (C=O) groups is 1. The molecule has 1 saturated carbocycles. The highest BCUT2D eigenvalue weighted by Gasteiger charge is 2.24. The second kappa shape index (κ2) is 6.74. The van der Waals surface area contributed by atoms with E-state index in [0.717, 1.165) is 45.1 Å². The summed E-state index contributed by atoms with van der Waals surface area (Å²) in [6, 6.07) is 0.781. The summed E-state index contributed by atoms with van der Waals surface area (Å²) in [6.45, 7) is 2.91. The summed E-state index contributed by atoms with van der Waals surface area (Å²) in [5, 5.41) is 2.95. The molecular weight excluding hydrogens is 202 g/mol. The molecule has 0 aromatic heterocycles. The molecule has 0 radical (unpaired) electrons. The summed E-state index contributed by atoms with van der Waals surface area (Å²) < 4.78 is 0. The molecule has 0 unspecified atom stereocenters. The van der Waals surface area contributed by atoms with Gasteiger partial charge in [0.15, 0.2) is 0 Å². The van der Waals surface area contributed by atoms with E-state index in [9.17, 15) is 4.79 Å². The summed E-state index contributed by atoms with van der Waals surface area (Å²) in [7, 11) is 1.89. The molecule has 0 aromatic carbocycles. The van der Waals surface area contributed by atoms with Crippen molar-refractivity contribution in [3.63, 3.8) is 0 Å². The molecule has 4 nitrogen and oxygen atoms in total. The van der Waals surface area contributed by atoms with Crippen molar-refractivity contribution in [2.24, 2.45) is 5.73 Å². The first kappa shape index (κ1) is 13.3. The van der Waals surface area contributed by atoms with Crippen LogP contribution in [-0.4, -0.2) is 36.6 Å². The Morgan fingerprint density at radius 3 is 2.56 bits per heavy atom. The summed E-state index contributed by atoms with van der Waals surface area (Å²) in [6.07, 6.45) is 6.32. The highest BCUT2D eigenvalue weighted by Crippen LogP contribution is 2.20. The molecule has 0 saturated heterocycles. The van der Waals surface area contributed by atoms with Crippen molar-refractivity contribution >= 4 is 6.03 Å². The van der Waals surface area contributed by atoms with Crippen LogP contribution < -0.4 is 11.1 Å². The molecule has 0 spiro atoms. The maximum Gasteiger partial charge on any atom is 0.317 e. The third-order valence-corrected chi connectivity index (χ3v) is 3.42. The van der Waals surface area contributed by atoms with E-state index >= 15 is 0 Å². The first-order valence-corrected chi connectivity index (χ1v) is 6.41. The van der Waals surface area contributed by atoms with Gasteiger partial charge in [0, 0.05) is 25.7 Å². The van der Waals surface area contributed by atoms with E-state index in [1.54, 1.807) is 0 Å². The Hall–Kier alpha value is -0.770. The normalized spacial score (nSPS) is 25.2. The van der Waals surface area contributed by atoms with Gasteiger partial charge in [0.1, 0.15) is 0 Å². The lowest BCUT2D eigenvalue weighted by Crippen LogP contribution is -2.46. The first-order valence-electron chi connectivity index (χ1n) is 6.41. The topological polar surface area (TPSA) is 58.4 Å². The number of urea groups is 1. The Morgan fingerprint density at radius 2 is 2.00 bits per heavy atom. The Labute approximate surface area is 98.6 Å². The fraction of sp³-hybridized carbons (Fsp3) is 0.917. The molecule has 1 aliphatic carbocycles. The number of hydrogen-bond donors (Lipinski definition) is 2. The highest BCUT2D eigenvalue weighted by atomic mass is 16.2. The van der Waals surface area contributed by atoms with Crippen molar-refractivity contribution in [2.45, 2.75) is 57.5 Å². The van der Waals surface area contributed by atoms with E-state index in [0.29, 0.717) is 12.1 Å². The van der Waals surface area contributed by atoms with Crippen molar-refractivity contribution < 1.29 is 4.79 Å². The number of nitrogens with two attached hydrogens (primary N) is 1. The zero-order valence-electron chi connectivity index (χ0n) is 10.5. The SMILES string of the molecule is CCCCNC(=O)N(C)C1CCC(N)CC1. The van der Waals surface area contributed by atoms with Gasteiger partial charge in [-0.25, -0.2) is 4.79 Å². The molecule has 0 atom stereocenters. The van der Waals surface area contributed by atoms with Gasteiger partial charge in [-0.05, 0) is 32.1 Å². The Bertz CT molecular complexity index is 212. The molecule has 4 heteroatoms. The molecular formula is C12H25N3O. The van der Waals surface area contributed by atoms with Crippen LogP contribution in [0, 0.1) is 0 Å². The number of carbonyl (C=O) groups excluding carboxylic acids is 1. The number of amides is 2. The van der Waals surface area contributed by atoms with Crippen LogP contribution >= 0.6 is 0 Å². The number of unbranched alkanes of at least 4 members (excludes halogenated alkanes) is 1. The molecule has 2 amide bonds. The zero-order valence-corrected chi connectivity index (χ0v) is 10.5. The van der Waals surface area contributed by atoms with Gasteiger partial charge in [0.2, 0.25) is 0 Å². The Balaban J connectivity index is 2.27. The van der Waals surface area contributed by atoms with Crippen LogP contribution in [0.1, 0.15) is 45.4 Å². The first-order chi connectivity index (χ1) is 7.65. The molecule has 1 rings (SSSR count). The maximum absolute atomic E-state index is 11.8. The van der Waals surface area contributed by atoms with Gasteiger partial charge in [-0.15, -0.1) is 0 Å². The minimum atomic E-state index is 0.0638. The second-order valence-corrected chi connectivity index (χ2v) is 4.76. The predicted molar refractivity (Wildman–Crippen MR) is 66.3 cm³/mol. The molecule has 1 fully saturated rings. The molecule has 0 heterocycles. The molecule has 0 aromatic rings. The number of nitrogens with zero attached hydrogens (tertiary/aromatic N) is 1. The van der Waals surface area contributed by atoms with Gasteiger partial charge in [-0.2, -0.15) is 0 Å². The van der Waals surface area contributed by atoms with Crippen molar-refractivity contribution in [2.75, 3.05) is 13.6 Å². The quantitative estimate of drug-likeness (QED) is 0.718. The van der Waals surface area contributed by atoms with Crippen molar-refractivity contribution in [3.8, 4) is 0 Å². The van der Waals surface area contributed by atoms with Crippen molar-refractivity contribution in [1.29, 1.82) is 0 Å². The van der Waals surface area contributed by atoms with Crippen LogP contribution in [0.5, 0.6) is 0 Å². The van der Waals surface area contributed by atoms with Gasteiger partial charge in [0.25, 0.3) is 0 Å². The largest absolute Gasteiger partial charge is 0.338 e. The summed E-state index contributed by atoms with van der Waals surface area (Å²) in [5.74, 6) is 0. The average Bonchev–Trinajstić information content (AvgIpc) is 2.29. The summed E-state index contributed by atoms with van der Waals surface area (Å²) in [4.78, 5) is 13.6. The molecule has 3 N–H and O–H groups in total. The molecule has 16 heavy (non-hydrogen) atoms. The third kappa shape index (κ3) is 4.00. The Morgan fingerprint density at radius 1 is 1.38 bits per heavy atom. The van der Waals surface area contributed by atoms with Gasteiger partial charge >= 0.3 is 6.03 Å². The van der Waals surface area contributed by atoms with E-state index in [1.165, 1.54) is 0 Å². The number of rotatable bonds is 4. The molecule has 94 valence electrons. The fourth-order valence-corrected chi connectivity index (χ4v) is 2.15. The Kier molecular flexibility index (Phi) is 5.60. The highest BCUT2D eigenvalue weighted by molar-refractivity contribution is 5.74. The van der Waals surface area contributed by atoms with Gasteiger partial charge in [-0.1, -0.05) is 13.3 Å². The van der Waals surface area contributed by atoms with Crippen LogP contribution in [0.15, 0.2) is 0 Å². The van der Waals surface area contributed by atoms with Crippen molar-refractivity contribution in [1.82, 2.24) is 10.2 Å². The van der Waals surface area contributed by atoms with E-state index < -0.39 is 0 Å². The van der Waals surface area contributed by atoms with Gasteiger partial charge in [-0.3, -0.25) is 0 Å².